The van der Waals surface area contributed by atoms with Gasteiger partial charge in [-0.25, -0.2) is 0 Å². The Hall–Kier alpha value is -4.13. The second kappa shape index (κ2) is 7.95. The zero-order chi connectivity index (χ0) is 21.2. The van der Waals surface area contributed by atoms with Gasteiger partial charge in [-0.1, -0.05) is 18.2 Å². The zero-order valence-electron chi connectivity index (χ0n) is 16.5. The Morgan fingerprint density at radius 1 is 0.903 bits per heavy atom. The third kappa shape index (κ3) is 4.11. The molecule has 1 fully saturated rings. The lowest BCUT2D eigenvalue weighted by Crippen LogP contribution is -2.14. The SMILES string of the molecule is O=C(Nc1cccnn1)c1ccc([C@@H]2C[C@H]2C(=O)Nc2ccc3cnccc3c2)cc1. The van der Waals surface area contributed by atoms with E-state index >= 15 is 0 Å². The van der Waals surface area contributed by atoms with Gasteiger partial charge in [-0.05, 0) is 65.8 Å². The number of carbonyl (C=O) groups excluding carboxylic acids is 2. The van der Waals surface area contributed by atoms with Gasteiger partial charge in [0, 0.05) is 41.1 Å². The van der Waals surface area contributed by atoms with E-state index in [0.717, 1.165) is 28.4 Å². The van der Waals surface area contributed by atoms with Crippen LogP contribution >= 0.6 is 0 Å². The van der Waals surface area contributed by atoms with E-state index in [2.05, 4.69) is 25.8 Å². The van der Waals surface area contributed by atoms with Gasteiger partial charge in [-0.15, -0.1) is 5.10 Å². The van der Waals surface area contributed by atoms with Crippen LogP contribution in [0.1, 0.15) is 28.3 Å². The number of anilines is 2. The Labute approximate surface area is 178 Å². The van der Waals surface area contributed by atoms with Gasteiger partial charge in [0.25, 0.3) is 5.91 Å². The first-order valence-electron chi connectivity index (χ1n) is 10.0. The monoisotopic (exact) mass is 409 g/mol. The van der Waals surface area contributed by atoms with Crippen molar-refractivity contribution in [1.82, 2.24) is 15.2 Å². The molecule has 4 aromatic rings. The summed E-state index contributed by atoms with van der Waals surface area (Å²) in [6.07, 6.45) is 5.88. The van der Waals surface area contributed by atoms with Crippen molar-refractivity contribution in [2.24, 2.45) is 5.92 Å². The number of fused-ring (bicyclic) bond motifs is 1. The number of carbonyl (C=O) groups is 2. The molecule has 1 aliphatic rings. The maximum absolute atomic E-state index is 12.7. The lowest BCUT2D eigenvalue weighted by atomic mass is 10.1. The Kier molecular flexibility index (Phi) is 4.84. The molecule has 2 aromatic carbocycles. The molecule has 0 aliphatic heterocycles. The normalized spacial score (nSPS) is 17.2. The maximum atomic E-state index is 12.7. The van der Waals surface area contributed by atoms with Crippen LogP contribution in [-0.2, 0) is 4.79 Å². The number of pyridine rings is 1. The molecule has 1 saturated carbocycles. The summed E-state index contributed by atoms with van der Waals surface area (Å²) in [6, 6.07) is 18.5. The van der Waals surface area contributed by atoms with E-state index in [1.165, 1.54) is 0 Å². The van der Waals surface area contributed by atoms with E-state index in [1.54, 1.807) is 42.9 Å². The molecule has 0 saturated heterocycles. The van der Waals surface area contributed by atoms with Gasteiger partial charge in [-0.3, -0.25) is 14.6 Å². The van der Waals surface area contributed by atoms with Gasteiger partial charge in [0.15, 0.2) is 5.82 Å². The smallest absolute Gasteiger partial charge is 0.256 e. The molecule has 31 heavy (non-hydrogen) atoms. The number of amides is 2. The molecule has 7 heteroatoms. The predicted octanol–water partition coefficient (Wildman–Crippen LogP) is 4.02. The third-order valence-electron chi connectivity index (χ3n) is 5.45. The molecule has 0 spiro atoms. The number of hydrogen-bond acceptors (Lipinski definition) is 5. The minimum Gasteiger partial charge on any atom is -0.326 e. The van der Waals surface area contributed by atoms with E-state index in [1.807, 2.05) is 36.4 Å². The van der Waals surface area contributed by atoms with E-state index < -0.39 is 0 Å². The highest BCUT2D eigenvalue weighted by molar-refractivity contribution is 6.03. The van der Waals surface area contributed by atoms with E-state index in [4.69, 9.17) is 0 Å². The van der Waals surface area contributed by atoms with Crippen molar-refractivity contribution in [3.05, 3.63) is 90.4 Å². The Bertz CT molecular complexity index is 1260. The van der Waals surface area contributed by atoms with Crippen molar-refractivity contribution >= 4 is 34.1 Å². The quantitative estimate of drug-likeness (QED) is 0.519. The van der Waals surface area contributed by atoms with Gasteiger partial charge >= 0.3 is 0 Å². The lowest BCUT2D eigenvalue weighted by molar-refractivity contribution is -0.117. The second-order valence-corrected chi connectivity index (χ2v) is 7.56. The van der Waals surface area contributed by atoms with E-state index in [-0.39, 0.29) is 23.7 Å². The summed E-state index contributed by atoms with van der Waals surface area (Å²) in [7, 11) is 0. The fourth-order valence-corrected chi connectivity index (χ4v) is 3.69. The Balaban J connectivity index is 1.21. The summed E-state index contributed by atoms with van der Waals surface area (Å²) < 4.78 is 0. The molecule has 2 aromatic heterocycles. The predicted molar refractivity (Wildman–Crippen MR) is 118 cm³/mol. The summed E-state index contributed by atoms with van der Waals surface area (Å²) in [5.41, 5.74) is 2.37. The maximum Gasteiger partial charge on any atom is 0.256 e. The van der Waals surface area contributed by atoms with Crippen LogP contribution in [0.4, 0.5) is 11.5 Å². The van der Waals surface area contributed by atoms with Gasteiger partial charge in [-0.2, -0.15) is 5.10 Å². The summed E-state index contributed by atoms with van der Waals surface area (Å²) in [5.74, 6) is 0.279. The molecule has 1 aliphatic carbocycles. The highest BCUT2D eigenvalue weighted by atomic mass is 16.2. The lowest BCUT2D eigenvalue weighted by Gasteiger charge is -2.07. The number of rotatable bonds is 5. The van der Waals surface area contributed by atoms with Gasteiger partial charge in [0.2, 0.25) is 5.91 Å². The van der Waals surface area contributed by atoms with Crippen molar-refractivity contribution in [2.45, 2.75) is 12.3 Å². The Morgan fingerprint density at radius 3 is 2.58 bits per heavy atom. The van der Waals surface area contributed by atoms with Crippen LogP contribution in [0.5, 0.6) is 0 Å². The van der Waals surface area contributed by atoms with E-state index in [0.29, 0.717) is 11.4 Å². The molecule has 0 bridgehead atoms. The number of benzene rings is 2. The fraction of sp³-hybridized carbons (Fsp3) is 0.125. The first kappa shape index (κ1) is 18.9. The number of nitrogens with one attached hydrogen (secondary N) is 2. The molecule has 152 valence electrons. The summed E-state index contributed by atoms with van der Waals surface area (Å²) >= 11 is 0. The van der Waals surface area contributed by atoms with Crippen molar-refractivity contribution in [3.8, 4) is 0 Å². The van der Waals surface area contributed by atoms with Crippen molar-refractivity contribution in [3.63, 3.8) is 0 Å². The van der Waals surface area contributed by atoms with E-state index in [9.17, 15) is 9.59 Å². The first-order chi connectivity index (χ1) is 15.2. The average Bonchev–Trinajstić information content (AvgIpc) is 3.61. The highest BCUT2D eigenvalue weighted by Gasteiger charge is 2.43. The molecule has 2 atom stereocenters. The van der Waals surface area contributed by atoms with Crippen molar-refractivity contribution in [1.29, 1.82) is 0 Å². The molecule has 5 rings (SSSR count). The Morgan fingerprint density at radius 2 is 1.77 bits per heavy atom. The van der Waals surface area contributed by atoms with Crippen LogP contribution in [0, 0.1) is 5.92 Å². The van der Waals surface area contributed by atoms with Gasteiger partial charge < -0.3 is 10.6 Å². The summed E-state index contributed by atoms with van der Waals surface area (Å²) in [6.45, 7) is 0. The van der Waals surface area contributed by atoms with Crippen LogP contribution in [0.3, 0.4) is 0 Å². The van der Waals surface area contributed by atoms with Crippen molar-refractivity contribution in [2.75, 3.05) is 10.6 Å². The molecule has 2 heterocycles. The van der Waals surface area contributed by atoms with Crippen LogP contribution in [0.2, 0.25) is 0 Å². The van der Waals surface area contributed by atoms with Gasteiger partial charge in [0.1, 0.15) is 0 Å². The zero-order valence-corrected chi connectivity index (χ0v) is 16.5. The molecule has 0 radical (unpaired) electrons. The number of hydrogen-bond donors (Lipinski definition) is 2. The minimum atomic E-state index is -0.247. The fourth-order valence-electron chi connectivity index (χ4n) is 3.69. The summed E-state index contributed by atoms with van der Waals surface area (Å²) in [4.78, 5) is 29.1. The average molecular weight is 409 g/mol. The first-order valence-corrected chi connectivity index (χ1v) is 10.0. The molecule has 2 amide bonds. The molecular weight excluding hydrogens is 390 g/mol. The number of aromatic nitrogens is 3. The van der Waals surface area contributed by atoms with Crippen LogP contribution in [0.25, 0.3) is 10.8 Å². The topological polar surface area (TPSA) is 96.9 Å². The van der Waals surface area contributed by atoms with Crippen LogP contribution < -0.4 is 10.6 Å². The molecule has 2 N–H and O–H groups in total. The third-order valence-corrected chi connectivity index (χ3v) is 5.45. The molecular formula is C24H19N5O2. The molecule has 7 nitrogen and oxygen atoms in total. The standard InChI is InChI=1S/C24H19N5O2/c30-23(28-22-2-1-10-26-29-22)16-5-3-15(4-6-16)20-13-21(20)24(31)27-19-8-7-18-14-25-11-9-17(18)12-19/h1-12,14,20-21H,13H2,(H,27,31)(H,28,29,30)/t20-,21+/m0/s1. The molecule has 0 unspecified atom stereocenters. The largest absolute Gasteiger partial charge is 0.326 e. The summed E-state index contributed by atoms with van der Waals surface area (Å²) in [5, 5.41) is 15.4. The second-order valence-electron chi connectivity index (χ2n) is 7.56. The van der Waals surface area contributed by atoms with Crippen LogP contribution in [-0.4, -0.2) is 27.0 Å². The minimum absolute atomic E-state index is 0.0166. The van der Waals surface area contributed by atoms with Crippen molar-refractivity contribution < 1.29 is 9.59 Å². The van der Waals surface area contributed by atoms with Gasteiger partial charge in [0.05, 0.1) is 0 Å². The highest BCUT2D eigenvalue weighted by Crippen LogP contribution is 2.48. The number of nitrogens with zero attached hydrogens (tertiary/aromatic N) is 3. The van der Waals surface area contributed by atoms with Crippen LogP contribution in [0.15, 0.2) is 79.3 Å².